The molecule has 1 atom stereocenters. The van der Waals surface area contributed by atoms with Crippen molar-refractivity contribution in [2.45, 2.75) is 32.6 Å². The number of aryl methyl sites for hydroxylation is 1. The molecule has 16 heavy (non-hydrogen) atoms. The molecule has 0 aliphatic carbocycles. The van der Waals surface area contributed by atoms with Crippen LogP contribution in [0.25, 0.3) is 0 Å². The van der Waals surface area contributed by atoms with Gasteiger partial charge in [-0.3, -0.25) is 0 Å². The third-order valence-electron chi connectivity index (χ3n) is 3.62. The molecule has 0 aromatic heterocycles. The predicted molar refractivity (Wildman–Crippen MR) is 71.3 cm³/mol. The summed E-state index contributed by atoms with van der Waals surface area (Å²) in [5.41, 5.74) is 3.97. The molecule has 88 valence electrons. The van der Waals surface area contributed by atoms with Crippen LogP contribution in [-0.2, 0) is 5.88 Å². The first-order chi connectivity index (χ1) is 7.74. The Labute approximate surface area is 103 Å². The zero-order valence-electron chi connectivity index (χ0n) is 10.2. The van der Waals surface area contributed by atoms with Gasteiger partial charge in [0, 0.05) is 24.7 Å². The Balaban J connectivity index is 2.15. The van der Waals surface area contributed by atoms with Crippen LogP contribution in [0.15, 0.2) is 18.2 Å². The molecule has 0 N–H and O–H groups in total. The topological polar surface area (TPSA) is 3.24 Å². The highest BCUT2D eigenvalue weighted by Crippen LogP contribution is 2.28. The van der Waals surface area contributed by atoms with Crippen LogP contribution in [0.4, 0.5) is 5.69 Å². The molecule has 2 rings (SSSR count). The standard InChI is InChI=1S/C14H20ClN/c1-3-12-6-7-16(10-12)14-5-4-13(9-15)8-11(14)2/h4-5,8,12H,3,6-7,9-10H2,1-2H3. The lowest BCUT2D eigenvalue weighted by Crippen LogP contribution is -2.20. The van der Waals surface area contributed by atoms with E-state index in [1.54, 1.807) is 0 Å². The molecule has 1 aliphatic heterocycles. The van der Waals surface area contributed by atoms with Gasteiger partial charge in [0.1, 0.15) is 0 Å². The van der Waals surface area contributed by atoms with E-state index in [9.17, 15) is 0 Å². The summed E-state index contributed by atoms with van der Waals surface area (Å²) in [7, 11) is 0. The number of benzene rings is 1. The molecular formula is C14H20ClN. The summed E-state index contributed by atoms with van der Waals surface area (Å²) in [4.78, 5) is 2.52. The largest absolute Gasteiger partial charge is 0.371 e. The number of alkyl halides is 1. The predicted octanol–water partition coefficient (Wildman–Crippen LogP) is 3.97. The molecular weight excluding hydrogens is 218 g/mol. The van der Waals surface area contributed by atoms with Crippen LogP contribution >= 0.6 is 11.6 Å². The van der Waals surface area contributed by atoms with E-state index in [1.807, 2.05) is 0 Å². The molecule has 0 spiro atoms. The first-order valence-electron chi connectivity index (χ1n) is 6.15. The molecule has 0 amide bonds. The molecule has 1 aliphatic rings. The maximum absolute atomic E-state index is 5.84. The number of hydrogen-bond acceptors (Lipinski definition) is 1. The SMILES string of the molecule is CCC1CCN(c2ccc(CCl)cc2C)C1. The summed E-state index contributed by atoms with van der Waals surface area (Å²) >= 11 is 5.84. The number of hydrogen-bond donors (Lipinski definition) is 0. The molecule has 1 heterocycles. The van der Waals surface area contributed by atoms with E-state index < -0.39 is 0 Å². The summed E-state index contributed by atoms with van der Waals surface area (Å²) in [6, 6.07) is 6.58. The van der Waals surface area contributed by atoms with E-state index in [0.29, 0.717) is 5.88 Å². The fourth-order valence-electron chi connectivity index (χ4n) is 2.54. The van der Waals surface area contributed by atoms with E-state index in [4.69, 9.17) is 11.6 Å². The molecule has 1 unspecified atom stereocenters. The van der Waals surface area contributed by atoms with Crippen LogP contribution < -0.4 is 4.90 Å². The maximum atomic E-state index is 5.84. The summed E-state index contributed by atoms with van der Waals surface area (Å²) < 4.78 is 0. The van der Waals surface area contributed by atoms with Crippen molar-refractivity contribution in [2.75, 3.05) is 18.0 Å². The van der Waals surface area contributed by atoms with E-state index >= 15 is 0 Å². The van der Waals surface area contributed by atoms with Gasteiger partial charge in [0.25, 0.3) is 0 Å². The average Bonchev–Trinajstić information content (AvgIpc) is 2.77. The van der Waals surface area contributed by atoms with Crippen molar-refractivity contribution < 1.29 is 0 Å². The van der Waals surface area contributed by atoms with E-state index in [0.717, 1.165) is 5.92 Å². The minimum atomic E-state index is 0.610. The van der Waals surface area contributed by atoms with Crippen molar-refractivity contribution in [3.8, 4) is 0 Å². The van der Waals surface area contributed by atoms with Crippen LogP contribution in [-0.4, -0.2) is 13.1 Å². The lowest BCUT2D eigenvalue weighted by molar-refractivity contribution is 0.569. The molecule has 1 aromatic rings. The Bertz CT molecular complexity index is 362. The summed E-state index contributed by atoms with van der Waals surface area (Å²) in [6.45, 7) is 6.90. The lowest BCUT2D eigenvalue weighted by Gasteiger charge is -2.21. The molecule has 1 nitrogen and oxygen atoms in total. The minimum Gasteiger partial charge on any atom is -0.371 e. The van der Waals surface area contributed by atoms with Gasteiger partial charge in [0.05, 0.1) is 0 Å². The van der Waals surface area contributed by atoms with Crippen molar-refractivity contribution in [3.05, 3.63) is 29.3 Å². The Morgan fingerprint density at radius 1 is 1.44 bits per heavy atom. The fourth-order valence-corrected chi connectivity index (χ4v) is 2.71. The first-order valence-corrected chi connectivity index (χ1v) is 6.68. The van der Waals surface area contributed by atoms with Crippen molar-refractivity contribution in [1.29, 1.82) is 0 Å². The number of halogens is 1. The van der Waals surface area contributed by atoms with E-state index in [1.165, 1.54) is 42.7 Å². The average molecular weight is 238 g/mol. The second-order valence-corrected chi connectivity index (χ2v) is 5.03. The number of nitrogens with zero attached hydrogens (tertiary/aromatic N) is 1. The van der Waals surface area contributed by atoms with Gasteiger partial charge in [0.15, 0.2) is 0 Å². The molecule has 1 aromatic carbocycles. The highest BCUT2D eigenvalue weighted by atomic mass is 35.5. The smallest absolute Gasteiger partial charge is 0.0474 e. The van der Waals surface area contributed by atoms with Crippen molar-refractivity contribution in [2.24, 2.45) is 5.92 Å². The highest BCUT2D eigenvalue weighted by molar-refractivity contribution is 6.17. The minimum absolute atomic E-state index is 0.610. The second kappa shape index (κ2) is 5.09. The number of anilines is 1. The molecule has 0 bridgehead atoms. The first kappa shape index (κ1) is 11.8. The van der Waals surface area contributed by atoms with Gasteiger partial charge in [-0.15, -0.1) is 11.6 Å². The maximum Gasteiger partial charge on any atom is 0.0474 e. The second-order valence-electron chi connectivity index (χ2n) is 4.76. The fraction of sp³-hybridized carbons (Fsp3) is 0.571. The normalized spacial score (nSPS) is 20.4. The van der Waals surface area contributed by atoms with E-state index in [-0.39, 0.29) is 0 Å². The Kier molecular flexibility index (Phi) is 3.75. The summed E-state index contributed by atoms with van der Waals surface area (Å²) in [5, 5.41) is 0. The third kappa shape index (κ3) is 2.35. The monoisotopic (exact) mass is 237 g/mol. The van der Waals surface area contributed by atoms with Crippen LogP contribution in [0.5, 0.6) is 0 Å². The van der Waals surface area contributed by atoms with Gasteiger partial charge in [-0.2, -0.15) is 0 Å². The van der Waals surface area contributed by atoms with Crippen LogP contribution in [0, 0.1) is 12.8 Å². The molecule has 2 heteroatoms. The Hall–Kier alpha value is -0.690. The Morgan fingerprint density at radius 3 is 2.81 bits per heavy atom. The van der Waals surface area contributed by atoms with Gasteiger partial charge >= 0.3 is 0 Å². The summed E-state index contributed by atoms with van der Waals surface area (Å²) in [6.07, 6.45) is 2.64. The Morgan fingerprint density at radius 2 is 2.25 bits per heavy atom. The van der Waals surface area contributed by atoms with Crippen molar-refractivity contribution in [3.63, 3.8) is 0 Å². The molecule has 0 saturated carbocycles. The van der Waals surface area contributed by atoms with Crippen molar-refractivity contribution in [1.82, 2.24) is 0 Å². The molecule has 1 saturated heterocycles. The van der Waals surface area contributed by atoms with Gasteiger partial charge in [0.2, 0.25) is 0 Å². The highest BCUT2D eigenvalue weighted by Gasteiger charge is 2.21. The van der Waals surface area contributed by atoms with Gasteiger partial charge in [-0.05, 0) is 36.5 Å². The zero-order valence-corrected chi connectivity index (χ0v) is 10.9. The summed E-state index contributed by atoms with van der Waals surface area (Å²) in [5.74, 6) is 1.49. The van der Waals surface area contributed by atoms with Crippen LogP contribution in [0.2, 0.25) is 0 Å². The quantitative estimate of drug-likeness (QED) is 0.719. The number of rotatable bonds is 3. The van der Waals surface area contributed by atoms with Gasteiger partial charge in [-0.1, -0.05) is 25.5 Å². The van der Waals surface area contributed by atoms with Crippen LogP contribution in [0.1, 0.15) is 30.9 Å². The lowest BCUT2D eigenvalue weighted by atomic mass is 10.1. The third-order valence-corrected chi connectivity index (χ3v) is 3.93. The zero-order chi connectivity index (χ0) is 11.5. The molecule has 1 fully saturated rings. The molecule has 0 radical (unpaired) electrons. The van der Waals surface area contributed by atoms with Gasteiger partial charge in [-0.25, -0.2) is 0 Å². The van der Waals surface area contributed by atoms with Gasteiger partial charge < -0.3 is 4.90 Å². The van der Waals surface area contributed by atoms with Crippen molar-refractivity contribution >= 4 is 17.3 Å². The van der Waals surface area contributed by atoms with E-state index in [2.05, 4.69) is 36.9 Å². The van der Waals surface area contributed by atoms with Crippen LogP contribution in [0.3, 0.4) is 0 Å².